The first-order chi connectivity index (χ1) is 6.77. The van der Waals surface area contributed by atoms with Gasteiger partial charge in [0.25, 0.3) is 0 Å². The maximum atomic E-state index is 12.8. The molecule has 1 heterocycles. The summed E-state index contributed by atoms with van der Waals surface area (Å²) in [4.78, 5) is 3.72. The Labute approximate surface area is 80.7 Å². The lowest BCUT2D eigenvalue weighted by atomic mass is 10.1. The molecule has 2 rings (SSSR count). The van der Waals surface area contributed by atoms with Gasteiger partial charge in [-0.05, 0) is 12.1 Å². The van der Waals surface area contributed by atoms with Gasteiger partial charge in [-0.2, -0.15) is 0 Å². The molecule has 2 nitrogen and oxygen atoms in total. The molecular formula is C11H8FNO. The Morgan fingerprint density at radius 3 is 2.64 bits per heavy atom. The van der Waals surface area contributed by atoms with Gasteiger partial charge in [0.2, 0.25) is 0 Å². The zero-order valence-electron chi connectivity index (χ0n) is 7.31. The first-order valence-corrected chi connectivity index (χ1v) is 4.16. The van der Waals surface area contributed by atoms with Gasteiger partial charge < -0.3 is 5.11 Å². The molecule has 0 amide bonds. The average Bonchev–Trinajstić information content (AvgIpc) is 2.18. The summed E-state index contributed by atoms with van der Waals surface area (Å²) < 4.78 is 12.8. The summed E-state index contributed by atoms with van der Waals surface area (Å²) in [6.45, 7) is 0. The van der Waals surface area contributed by atoms with E-state index in [1.807, 2.05) is 0 Å². The Morgan fingerprint density at radius 2 is 1.93 bits per heavy atom. The predicted octanol–water partition coefficient (Wildman–Crippen LogP) is 2.59. The third-order valence-electron chi connectivity index (χ3n) is 1.92. The molecule has 0 aliphatic carbocycles. The highest BCUT2D eigenvalue weighted by Crippen LogP contribution is 2.27. The van der Waals surface area contributed by atoms with E-state index in [4.69, 9.17) is 0 Å². The van der Waals surface area contributed by atoms with Crippen molar-refractivity contribution >= 4 is 0 Å². The number of benzene rings is 1. The van der Waals surface area contributed by atoms with Crippen molar-refractivity contribution in [1.29, 1.82) is 0 Å². The summed E-state index contributed by atoms with van der Waals surface area (Å²) >= 11 is 0. The number of phenolic OH excluding ortho intramolecular Hbond substituents is 1. The lowest BCUT2D eigenvalue weighted by Crippen LogP contribution is -1.83. The van der Waals surface area contributed by atoms with Crippen molar-refractivity contribution in [2.24, 2.45) is 0 Å². The number of hydrogen-bond acceptors (Lipinski definition) is 2. The van der Waals surface area contributed by atoms with Gasteiger partial charge in [-0.15, -0.1) is 0 Å². The molecule has 0 fully saturated rings. The first kappa shape index (κ1) is 8.69. The molecule has 0 spiro atoms. The lowest BCUT2D eigenvalue weighted by Gasteiger charge is -2.03. The van der Waals surface area contributed by atoms with E-state index >= 15 is 0 Å². The van der Waals surface area contributed by atoms with E-state index in [9.17, 15) is 9.50 Å². The fourth-order valence-corrected chi connectivity index (χ4v) is 1.28. The minimum atomic E-state index is -0.411. The van der Waals surface area contributed by atoms with Gasteiger partial charge in [0.15, 0.2) is 0 Å². The number of aromatic hydroxyl groups is 1. The molecule has 0 aliphatic heterocycles. The second-order valence-corrected chi connectivity index (χ2v) is 2.91. The Hall–Kier alpha value is -1.90. The molecule has 0 unspecified atom stereocenters. The SMILES string of the molecule is Oc1ccccc1-c1cncc(F)c1. The molecule has 1 aromatic carbocycles. The normalized spacial score (nSPS) is 10.1. The molecule has 1 N–H and O–H groups in total. The van der Waals surface area contributed by atoms with Gasteiger partial charge in [0, 0.05) is 17.3 Å². The van der Waals surface area contributed by atoms with E-state index in [1.165, 1.54) is 12.3 Å². The number of rotatable bonds is 1. The Morgan fingerprint density at radius 1 is 1.14 bits per heavy atom. The van der Waals surface area contributed by atoms with Crippen LogP contribution in [-0.2, 0) is 0 Å². The lowest BCUT2D eigenvalue weighted by molar-refractivity contribution is 0.477. The van der Waals surface area contributed by atoms with Crippen molar-refractivity contribution in [2.45, 2.75) is 0 Å². The number of nitrogens with zero attached hydrogens (tertiary/aromatic N) is 1. The minimum Gasteiger partial charge on any atom is -0.507 e. The summed E-state index contributed by atoms with van der Waals surface area (Å²) in [5.41, 5.74) is 1.16. The monoisotopic (exact) mass is 189 g/mol. The number of phenols is 1. The zero-order valence-corrected chi connectivity index (χ0v) is 7.31. The van der Waals surface area contributed by atoms with Crippen LogP contribution in [0.3, 0.4) is 0 Å². The highest BCUT2D eigenvalue weighted by Gasteiger charge is 2.03. The van der Waals surface area contributed by atoms with Crippen LogP contribution in [0.5, 0.6) is 5.75 Å². The van der Waals surface area contributed by atoms with Crippen LogP contribution in [0.1, 0.15) is 0 Å². The summed E-state index contributed by atoms with van der Waals surface area (Å²) in [5.74, 6) is -0.286. The van der Waals surface area contributed by atoms with Crippen LogP contribution in [0.25, 0.3) is 11.1 Å². The minimum absolute atomic E-state index is 0.125. The van der Waals surface area contributed by atoms with E-state index in [2.05, 4.69) is 4.98 Å². The van der Waals surface area contributed by atoms with E-state index in [1.54, 1.807) is 24.3 Å². The molecule has 1 aromatic heterocycles. The average molecular weight is 189 g/mol. The number of halogens is 1. The number of pyridine rings is 1. The van der Waals surface area contributed by atoms with Gasteiger partial charge in [-0.1, -0.05) is 18.2 Å². The Kier molecular flexibility index (Phi) is 2.14. The number of hydrogen-bond donors (Lipinski definition) is 1. The summed E-state index contributed by atoms with van der Waals surface area (Å²) in [6.07, 6.45) is 2.64. The maximum Gasteiger partial charge on any atom is 0.142 e. The highest BCUT2D eigenvalue weighted by atomic mass is 19.1. The predicted molar refractivity (Wildman–Crippen MR) is 51.3 cm³/mol. The topological polar surface area (TPSA) is 33.1 Å². The van der Waals surface area contributed by atoms with Crippen molar-refractivity contribution in [2.75, 3.05) is 0 Å². The second kappa shape index (κ2) is 3.46. The molecular weight excluding hydrogens is 181 g/mol. The Bertz CT molecular complexity index is 457. The van der Waals surface area contributed by atoms with Crippen molar-refractivity contribution in [1.82, 2.24) is 4.98 Å². The highest BCUT2D eigenvalue weighted by molar-refractivity contribution is 5.68. The molecule has 0 radical (unpaired) electrons. The van der Waals surface area contributed by atoms with Crippen LogP contribution in [0, 0.1) is 5.82 Å². The van der Waals surface area contributed by atoms with Crippen molar-refractivity contribution in [3.63, 3.8) is 0 Å². The van der Waals surface area contributed by atoms with Crippen molar-refractivity contribution in [3.05, 3.63) is 48.5 Å². The van der Waals surface area contributed by atoms with Gasteiger partial charge in [0.1, 0.15) is 11.6 Å². The van der Waals surface area contributed by atoms with E-state index in [0.29, 0.717) is 11.1 Å². The standard InChI is InChI=1S/C11H8FNO/c12-9-5-8(6-13-7-9)10-3-1-2-4-11(10)14/h1-7,14H. The zero-order chi connectivity index (χ0) is 9.97. The van der Waals surface area contributed by atoms with Crippen LogP contribution in [0.4, 0.5) is 4.39 Å². The summed E-state index contributed by atoms with van der Waals surface area (Å²) in [6, 6.07) is 8.10. The molecule has 3 heteroatoms. The van der Waals surface area contributed by atoms with Gasteiger partial charge in [0.05, 0.1) is 6.20 Å². The van der Waals surface area contributed by atoms with Gasteiger partial charge >= 0.3 is 0 Å². The molecule has 0 aliphatic rings. The van der Waals surface area contributed by atoms with E-state index < -0.39 is 5.82 Å². The molecule has 0 saturated carbocycles. The second-order valence-electron chi connectivity index (χ2n) is 2.91. The van der Waals surface area contributed by atoms with Gasteiger partial charge in [-0.25, -0.2) is 4.39 Å². The Balaban J connectivity index is 2.55. The smallest absolute Gasteiger partial charge is 0.142 e. The number of para-hydroxylation sites is 1. The van der Waals surface area contributed by atoms with E-state index in [-0.39, 0.29) is 5.75 Å². The van der Waals surface area contributed by atoms with Gasteiger partial charge in [-0.3, -0.25) is 4.98 Å². The fourth-order valence-electron chi connectivity index (χ4n) is 1.28. The molecule has 0 saturated heterocycles. The molecule has 70 valence electrons. The fraction of sp³-hybridized carbons (Fsp3) is 0. The quantitative estimate of drug-likeness (QED) is 0.747. The van der Waals surface area contributed by atoms with Crippen molar-refractivity contribution in [3.8, 4) is 16.9 Å². The third kappa shape index (κ3) is 1.57. The van der Waals surface area contributed by atoms with Crippen LogP contribution >= 0.6 is 0 Å². The van der Waals surface area contributed by atoms with Crippen molar-refractivity contribution < 1.29 is 9.50 Å². The van der Waals surface area contributed by atoms with E-state index in [0.717, 1.165) is 6.20 Å². The molecule has 14 heavy (non-hydrogen) atoms. The maximum absolute atomic E-state index is 12.8. The summed E-state index contributed by atoms with van der Waals surface area (Å²) in [7, 11) is 0. The summed E-state index contributed by atoms with van der Waals surface area (Å²) in [5, 5.41) is 9.50. The first-order valence-electron chi connectivity index (χ1n) is 4.16. The largest absolute Gasteiger partial charge is 0.507 e. The number of aromatic nitrogens is 1. The molecule has 0 atom stereocenters. The van der Waals surface area contributed by atoms with Crippen LogP contribution < -0.4 is 0 Å². The van der Waals surface area contributed by atoms with Crippen LogP contribution in [-0.4, -0.2) is 10.1 Å². The van der Waals surface area contributed by atoms with Crippen LogP contribution in [0.2, 0.25) is 0 Å². The van der Waals surface area contributed by atoms with Crippen LogP contribution in [0.15, 0.2) is 42.7 Å². The molecule has 2 aromatic rings. The molecule has 0 bridgehead atoms. The third-order valence-corrected chi connectivity index (χ3v) is 1.92.